The third-order valence-corrected chi connectivity index (χ3v) is 4.03. The first-order valence-electron chi connectivity index (χ1n) is 5.69. The number of methoxy groups -OCH3 is 1. The molecule has 1 rings (SSSR count). The average Bonchev–Trinajstić information content (AvgIpc) is 2.36. The summed E-state index contributed by atoms with van der Waals surface area (Å²) in [5.41, 5.74) is 0.227. The zero-order valence-electron chi connectivity index (χ0n) is 11.0. The third-order valence-electron chi connectivity index (χ3n) is 2.42. The Morgan fingerprint density at radius 3 is 2.30 bits per heavy atom. The molecule has 20 heavy (non-hydrogen) atoms. The number of benzene rings is 1. The molecule has 0 heterocycles. The van der Waals surface area contributed by atoms with Gasteiger partial charge in [-0.15, -0.1) is 0 Å². The topological polar surface area (TPSA) is 110 Å². The van der Waals surface area contributed by atoms with Crippen LogP contribution < -0.4 is 4.72 Å². The number of nitrogens with one attached hydrogen (secondary N) is 1. The van der Waals surface area contributed by atoms with Crippen molar-refractivity contribution in [3.05, 3.63) is 29.8 Å². The van der Waals surface area contributed by atoms with Crippen LogP contribution in [-0.2, 0) is 19.6 Å². The average molecular weight is 301 g/mol. The van der Waals surface area contributed by atoms with Crippen molar-refractivity contribution in [1.82, 2.24) is 4.72 Å². The molecule has 0 saturated carbocycles. The number of carboxylic acids is 1. The van der Waals surface area contributed by atoms with Crippen LogP contribution in [0.15, 0.2) is 29.2 Å². The summed E-state index contributed by atoms with van der Waals surface area (Å²) < 4.78 is 30.7. The molecule has 1 unspecified atom stereocenters. The summed E-state index contributed by atoms with van der Waals surface area (Å²) >= 11 is 0. The molecule has 0 spiro atoms. The van der Waals surface area contributed by atoms with Gasteiger partial charge in [0.15, 0.2) is 0 Å². The van der Waals surface area contributed by atoms with Gasteiger partial charge in [0, 0.05) is 6.04 Å². The standard InChI is InChI=1S/C12H15NO6S/c1-8(7-11(14)15)13-20(17,18)10-5-3-9(4-6-10)12(16)19-2/h3-6,8,13H,7H2,1-2H3,(H,14,15). The summed E-state index contributed by atoms with van der Waals surface area (Å²) in [7, 11) is -2.60. The van der Waals surface area contributed by atoms with Gasteiger partial charge in [-0.3, -0.25) is 4.79 Å². The Labute approximate surface area is 116 Å². The van der Waals surface area contributed by atoms with E-state index in [0.717, 1.165) is 0 Å². The van der Waals surface area contributed by atoms with Gasteiger partial charge in [-0.05, 0) is 31.2 Å². The summed E-state index contributed by atoms with van der Waals surface area (Å²) in [5, 5.41) is 8.59. The number of aliphatic carboxylic acids is 1. The molecule has 0 aliphatic carbocycles. The second-order valence-electron chi connectivity index (χ2n) is 4.14. The molecular formula is C12H15NO6S. The minimum absolute atomic E-state index is 0.0533. The van der Waals surface area contributed by atoms with Gasteiger partial charge in [0.25, 0.3) is 0 Å². The van der Waals surface area contributed by atoms with E-state index >= 15 is 0 Å². The van der Waals surface area contributed by atoms with Gasteiger partial charge in [-0.1, -0.05) is 0 Å². The van der Waals surface area contributed by atoms with E-state index in [4.69, 9.17) is 5.11 Å². The second-order valence-corrected chi connectivity index (χ2v) is 5.85. The molecule has 0 saturated heterocycles. The lowest BCUT2D eigenvalue weighted by molar-refractivity contribution is -0.137. The molecule has 1 aromatic carbocycles. The maximum absolute atomic E-state index is 12.0. The highest BCUT2D eigenvalue weighted by atomic mass is 32.2. The molecule has 1 atom stereocenters. The number of ether oxygens (including phenoxy) is 1. The molecule has 110 valence electrons. The van der Waals surface area contributed by atoms with Gasteiger partial charge >= 0.3 is 11.9 Å². The van der Waals surface area contributed by atoms with Gasteiger partial charge in [0.2, 0.25) is 10.0 Å². The van der Waals surface area contributed by atoms with Gasteiger partial charge in [0.05, 0.1) is 24.0 Å². The van der Waals surface area contributed by atoms with Crippen molar-refractivity contribution in [3.63, 3.8) is 0 Å². The number of carboxylic acid groups (broad SMARTS) is 1. The highest BCUT2D eigenvalue weighted by Crippen LogP contribution is 2.12. The van der Waals surface area contributed by atoms with Gasteiger partial charge in [0.1, 0.15) is 0 Å². The first-order valence-corrected chi connectivity index (χ1v) is 7.17. The van der Waals surface area contributed by atoms with Crippen LogP contribution in [0.4, 0.5) is 0 Å². The molecule has 1 aromatic rings. The first kappa shape index (κ1) is 16.1. The lowest BCUT2D eigenvalue weighted by Gasteiger charge is -2.12. The van der Waals surface area contributed by atoms with Crippen molar-refractivity contribution in [1.29, 1.82) is 0 Å². The van der Waals surface area contributed by atoms with E-state index in [0.29, 0.717) is 0 Å². The Morgan fingerprint density at radius 1 is 1.30 bits per heavy atom. The van der Waals surface area contributed by atoms with Crippen molar-refractivity contribution >= 4 is 22.0 Å². The fraction of sp³-hybridized carbons (Fsp3) is 0.333. The molecule has 8 heteroatoms. The van der Waals surface area contributed by atoms with E-state index in [1.54, 1.807) is 0 Å². The Hall–Kier alpha value is -1.93. The number of carbonyl (C=O) groups excluding carboxylic acids is 1. The predicted molar refractivity (Wildman–Crippen MR) is 69.8 cm³/mol. The molecule has 0 radical (unpaired) electrons. The fourth-order valence-electron chi connectivity index (χ4n) is 1.52. The van der Waals surface area contributed by atoms with Crippen LogP contribution in [0.2, 0.25) is 0 Å². The molecule has 0 aliphatic rings. The third kappa shape index (κ3) is 4.32. The number of hydrogen-bond donors (Lipinski definition) is 2. The van der Waals surface area contributed by atoms with Crippen molar-refractivity contribution in [2.24, 2.45) is 0 Å². The largest absolute Gasteiger partial charge is 0.481 e. The number of sulfonamides is 1. The monoisotopic (exact) mass is 301 g/mol. The van der Waals surface area contributed by atoms with E-state index in [9.17, 15) is 18.0 Å². The maximum Gasteiger partial charge on any atom is 0.337 e. The van der Waals surface area contributed by atoms with Crippen LogP contribution in [-0.4, -0.2) is 38.6 Å². The van der Waals surface area contributed by atoms with E-state index in [1.165, 1.54) is 38.3 Å². The Kier molecular flexibility index (Phi) is 5.23. The number of carbonyl (C=O) groups is 2. The van der Waals surface area contributed by atoms with Crippen LogP contribution in [0.5, 0.6) is 0 Å². The Balaban J connectivity index is 2.88. The van der Waals surface area contributed by atoms with Crippen LogP contribution in [0.3, 0.4) is 0 Å². The molecule has 2 N–H and O–H groups in total. The van der Waals surface area contributed by atoms with Gasteiger partial charge < -0.3 is 9.84 Å². The summed E-state index contributed by atoms with van der Waals surface area (Å²) in [6.45, 7) is 1.45. The molecule has 0 aliphatic heterocycles. The van der Waals surface area contributed by atoms with Crippen molar-refractivity contribution in [2.45, 2.75) is 24.3 Å². The van der Waals surface area contributed by atoms with Crippen LogP contribution in [0.1, 0.15) is 23.7 Å². The van der Waals surface area contributed by atoms with E-state index in [1.807, 2.05) is 0 Å². The van der Waals surface area contributed by atoms with Crippen molar-refractivity contribution < 1.29 is 27.9 Å². The second kappa shape index (κ2) is 6.49. The molecular weight excluding hydrogens is 286 g/mol. The number of rotatable bonds is 6. The predicted octanol–water partition coefficient (Wildman–Crippen LogP) is 0.615. The summed E-state index contributed by atoms with van der Waals surface area (Å²) in [6, 6.07) is 4.41. The highest BCUT2D eigenvalue weighted by Gasteiger charge is 2.19. The Bertz CT molecular complexity index is 593. The molecule has 0 fully saturated rings. The normalized spacial score (nSPS) is 12.7. The maximum atomic E-state index is 12.0. The fourth-order valence-corrected chi connectivity index (χ4v) is 2.77. The smallest absolute Gasteiger partial charge is 0.337 e. The highest BCUT2D eigenvalue weighted by molar-refractivity contribution is 7.89. The summed E-state index contributed by atoms with van der Waals surface area (Å²) in [4.78, 5) is 21.7. The first-order chi connectivity index (χ1) is 9.26. The Morgan fingerprint density at radius 2 is 1.85 bits per heavy atom. The van der Waals surface area contributed by atoms with Crippen molar-refractivity contribution in [3.8, 4) is 0 Å². The minimum atomic E-state index is -3.82. The zero-order chi connectivity index (χ0) is 15.3. The quantitative estimate of drug-likeness (QED) is 0.745. The SMILES string of the molecule is COC(=O)c1ccc(S(=O)(=O)NC(C)CC(=O)O)cc1. The molecule has 7 nitrogen and oxygen atoms in total. The molecule has 0 amide bonds. The van der Waals surface area contributed by atoms with Gasteiger partial charge in [-0.2, -0.15) is 0 Å². The summed E-state index contributed by atoms with van der Waals surface area (Å²) in [5.74, 6) is -1.66. The van der Waals surface area contributed by atoms with E-state index in [-0.39, 0.29) is 16.9 Å². The van der Waals surface area contributed by atoms with Crippen molar-refractivity contribution in [2.75, 3.05) is 7.11 Å². The zero-order valence-corrected chi connectivity index (χ0v) is 11.8. The van der Waals surface area contributed by atoms with Crippen LogP contribution >= 0.6 is 0 Å². The lowest BCUT2D eigenvalue weighted by Crippen LogP contribution is -2.34. The van der Waals surface area contributed by atoms with Gasteiger partial charge in [-0.25, -0.2) is 17.9 Å². The van der Waals surface area contributed by atoms with Crippen LogP contribution in [0.25, 0.3) is 0 Å². The summed E-state index contributed by atoms with van der Waals surface area (Å²) in [6.07, 6.45) is -0.320. The van der Waals surface area contributed by atoms with Crippen LogP contribution in [0, 0.1) is 0 Å². The number of esters is 1. The molecule has 0 bridgehead atoms. The number of hydrogen-bond acceptors (Lipinski definition) is 5. The molecule has 0 aromatic heterocycles. The van der Waals surface area contributed by atoms with E-state index in [2.05, 4.69) is 9.46 Å². The minimum Gasteiger partial charge on any atom is -0.481 e. The lowest BCUT2D eigenvalue weighted by atomic mass is 10.2. The van der Waals surface area contributed by atoms with E-state index < -0.39 is 28.0 Å².